The van der Waals surface area contributed by atoms with Crippen molar-refractivity contribution in [1.82, 2.24) is 4.98 Å². The van der Waals surface area contributed by atoms with Crippen LogP contribution in [0.4, 0.5) is 0 Å². The monoisotopic (exact) mass is 383 g/mol. The van der Waals surface area contributed by atoms with E-state index in [0.29, 0.717) is 18.3 Å². The summed E-state index contributed by atoms with van der Waals surface area (Å²) in [5.41, 5.74) is 3.49. The largest absolute Gasteiger partial charge is 0.489 e. The van der Waals surface area contributed by atoms with E-state index in [1.54, 1.807) is 0 Å². The summed E-state index contributed by atoms with van der Waals surface area (Å²) in [7, 11) is 0. The van der Waals surface area contributed by atoms with Crippen molar-refractivity contribution in [2.45, 2.75) is 51.0 Å². The average Bonchev–Trinajstić information content (AvgIpc) is 3.10. The zero-order chi connectivity index (χ0) is 19.6. The molecular weight excluding hydrogens is 358 g/mol. The van der Waals surface area contributed by atoms with Crippen molar-refractivity contribution in [2.24, 2.45) is 11.3 Å². The van der Waals surface area contributed by atoms with Gasteiger partial charge in [-0.25, -0.2) is 0 Å². The molecule has 1 aromatic carbocycles. The van der Waals surface area contributed by atoms with Gasteiger partial charge in [0, 0.05) is 36.5 Å². The fourth-order valence-electron chi connectivity index (χ4n) is 6.21. The maximum atomic E-state index is 12.3. The number of hydrogen-bond acceptors (Lipinski definition) is 3. The number of aromatic nitrogens is 1. The first kappa shape index (κ1) is 17.2. The smallest absolute Gasteiger partial charge is 0.166 e. The molecule has 0 bridgehead atoms. The van der Waals surface area contributed by atoms with Crippen LogP contribution in [0.25, 0.3) is 10.8 Å². The first-order valence-corrected chi connectivity index (χ1v) is 10.8. The van der Waals surface area contributed by atoms with Gasteiger partial charge in [-0.3, -0.25) is 9.78 Å². The number of rotatable bonds is 1. The number of ketones is 1. The van der Waals surface area contributed by atoms with Crippen LogP contribution in [0.5, 0.6) is 0 Å². The lowest BCUT2D eigenvalue weighted by Gasteiger charge is -2.44. The fourth-order valence-corrected chi connectivity index (χ4v) is 6.21. The van der Waals surface area contributed by atoms with E-state index in [1.165, 1.54) is 21.9 Å². The normalized spacial score (nSPS) is 33.1. The van der Waals surface area contributed by atoms with E-state index in [0.717, 1.165) is 37.0 Å². The van der Waals surface area contributed by atoms with Crippen LogP contribution in [-0.4, -0.2) is 16.9 Å². The molecule has 0 spiro atoms. The average molecular weight is 383 g/mol. The van der Waals surface area contributed by atoms with Crippen LogP contribution in [0.2, 0.25) is 0 Å². The molecule has 2 aromatic rings. The van der Waals surface area contributed by atoms with Crippen molar-refractivity contribution in [3.05, 3.63) is 77.4 Å². The molecule has 6 rings (SSSR count). The maximum absolute atomic E-state index is 12.3. The van der Waals surface area contributed by atoms with E-state index in [1.807, 2.05) is 12.4 Å². The third-order valence-corrected chi connectivity index (χ3v) is 7.72. The maximum Gasteiger partial charge on any atom is 0.166 e. The van der Waals surface area contributed by atoms with Crippen molar-refractivity contribution in [3.8, 4) is 0 Å². The summed E-state index contributed by atoms with van der Waals surface area (Å²) in [6, 6.07) is 8.76. The molecule has 29 heavy (non-hydrogen) atoms. The molecule has 1 fully saturated rings. The molecule has 3 nitrogen and oxygen atoms in total. The second-order valence-electron chi connectivity index (χ2n) is 9.18. The van der Waals surface area contributed by atoms with Gasteiger partial charge in [0.1, 0.15) is 11.9 Å². The van der Waals surface area contributed by atoms with E-state index in [9.17, 15) is 4.79 Å². The molecule has 4 atom stereocenters. The van der Waals surface area contributed by atoms with Crippen LogP contribution in [0.15, 0.2) is 71.8 Å². The molecule has 0 saturated heterocycles. The first-order valence-electron chi connectivity index (χ1n) is 10.8. The van der Waals surface area contributed by atoms with Gasteiger partial charge in [0.25, 0.3) is 0 Å². The number of allylic oxidation sites excluding steroid dienone is 4. The molecule has 146 valence electrons. The van der Waals surface area contributed by atoms with Gasteiger partial charge in [-0.1, -0.05) is 37.3 Å². The van der Waals surface area contributed by atoms with E-state index in [2.05, 4.69) is 54.4 Å². The summed E-state index contributed by atoms with van der Waals surface area (Å²) < 4.78 is 6.54. The molecule has 0 amide bonds. The number of benzene rings is 1. The van der Waals surface area contributed by atoms with E-state index in [-0.39, 0.29) is 17.3 Å². The zero-order valence-corrected chi connectivity index (χ0v) is 16.7. The standard InChI is InChI=1S/C26H25NO2/c1-26-12-10-16-14-20-23(28)6-3-7-24(20)29-25(16)22(26)9-8-21(26)19-5-2-4-17-15-27-13-11-18(17)19/h2,4-5,10-15,21-22,25H,3,6-9H2,1H3/t21-,22+,25-,26-/m1/s1. The summed E-state index contributed by atoms with van der Waals surface area (Å²) in [5, 5.41) is 2.53. The topological polar surface area (TPSA) is 39.2 Å². The highest BCUT2D eigenvalue weighted by atomic mass is 16.5. The third kappa shape index (κ3) is 2.43. The van der Waals surface area contributed by atoms with Crippen LogP contribution in [0, 0.1) is 11.3 Å². The Morgan fingerprint density at radius 2 is 2.10 bits per heavy atom. The first-order chi connectivity index (χ1) is 14.1. The van der Waals surface area contributed by atoms with E-state index < -0.39 is 0 Å². The molecule has 1 aliphatic heterocycles. The molecule has 3 aliphatic carbocycles. The van der Waals surface area contributed by atoms with Crippen molar-refractivity contribution >= 4 is 16.6 Å². The number of fused-ring (bicyclic) bond motifs is 4. The Labute approximate surface area is 171 Å². The van der Waals surface area contributed by atoms with E-state index >= 15 is 0 Å². The molecular formula is C26H25NO2. The van der Waals surface area contributed by atoms with Crippen molar-refractivity contribution < 1.29 is 9.53 Å². The van der Waals surface area contributed by atoms with Crippen LogP contribution < -0.4 is 0 Å². The lowest BCUT2D eigenvalue weighted by Crippen LogP contribution is -2.40. The van der Waals surface area contributed by atoms with Gasteiger partial charge in [0.2, 0.25) is 0 Å². The molecule has 2 heterocycles. The lowest BCUT2D eigenvalue weighted by atomic mass is 9.64. The third-order valence-electron chi connectivity index (χ3n) is 7.72. The SMILES string of the molecule is C[C@]12C=CC3=CC4=C(CCCC4=O)O[C@H]3[C@@H]1CC[C@@H]2c1cccc2cnccc12. The fraction of sp³-hybridized carbons (Fsp3) is 0.385. The van der Waals surface area contributed by atoms with Crippen LogP contribution in [0.3, 0.4) is 0 Å². The summed E-state index contributed by atoms with van der Waals surface area (Å²) >= 11 is 0. The molecule has 3 heteroatoms. The molecule has 1 saturated carbocycles. The molecule has 0 unspecified atom stereocenters. The van der Waals surface area contributed by atoms with Gasteiger partial charge < -0.3 is 4.74 Å². The van der Waals surface area contributed by atoms with Crippen molar-refractivity contribution in [2.75, 3.05) is 0 Å². The molecule has 1 aromatic heterocycles. The number of pyridine rings is 1. The summed E-state index contributed by atoms with van der Waals surface area (Å²) in [6.45, 7) is 2.40. The molecule has 4 aliphatic rings. The minimum atomic E-state index is 0.0519. The minimum absolute atomic E-state index is 0.0519. The van der Waals surface area contributed by atoms with Gasteiger partial charge >= 0.3 is 0 Å². The Bertz CT molecular complexity index is 1120. The number of nitrogens with zero attached hydrogens (tertiary/aromatic N) is 1. The van der Waals surface area contributed by atoms with Gasteiger partial charge in [0.15, 0.2) is 5.78 Å². The quantitative estimate of drug-likeness (QED) is 0.640. The number of ether oxygens (including phenoxy) is 1. The van der Waals surface area contributed by atoms with Gasteiger partial charge in [-0.05, 0) is 59.3 Å². The van der Waals surface area contributed by atoms with Crippen LogP contribution >= 0.6 is 0 Å². The van der Waals surface area contributed by atoms with Crippen molar-refractivity contribution in [1.29, 1.82) is 0 Å². The second kappa shape index (κ2) is 6.16. The lowest BCUT2D eigenvalue weighted by molar-refractivity contribution is -0.116. The highest BCUT2D eigenvalue weighted by Crippen LogP contribution is 2.60. The summed E-state index contributed by atoms with van der Waals surface area (Å²) in [4.78, 5) is 16.6. The predicted octanol–water partition coefficient (Wildman–Crippen LogP) is 5.64. The highest BCUT2D eigenvalue weighted by Gasteiger charge is 2.53. The Morgan fingerprint density at radius 1 is 1.17 bits per heavy atom. The number of carbonyl (C=O) groups is 1. The predicted molar refractivity (Wildman–Crippen MR) is 113 cm³/mol. The van der Waals surface area contributed by atoms with Crippen LogP contribution in [0.1, 0.15) is 50.5 Å². The van der Waals surface area contributed by atoms with Gasteiger partial charge in [-0.15, -0.1) is 0 Å². The second-order valence-corrected chi connectivity index (χ2v) is 9.18. The zero-order valence-electron chi connectivity index (χ0n) is 16.7. The Balaban J connectivity index is 1.42. The molecule has 0 radical (unpaired) electrons. The Hall–Kier alpha value is -2.68. The summed E-state index contributed by atoms with van der Waals surface area (Å²) in [6.07, 6.45) is 15.5. The number of hydrogen-bond donors (Lipinski definition) is 0. The minimum Gasteiger partial charge on any atom is -0.489 e. The molecule has 0 N–H and O–H groups in total. The van der Waals surface area contributed by atoms with E-state index in [4.69, 9.17) is 4.74 Å². The summed E-state index contributed by atoms with van der Waals surface area (Å²) in [5.74, 6) is 2.08. The van der Waals surface area contributed by atoms with Crippen molar-refractivity contribution in [3.63, 3.8) is 0 Å². The van der Waals surface area contributed by atoms with Gasteiger partial charge in [0.05, 0.1) is 5.57 Å². The number of Topliss-reactive ketones (excluding diaryl/α,β-unsaturated/α-hetero) is 1. The Morgan fingerprint density at radius 3 is 3.03 bits per heavy atom. The van der Waals surface area contributed by atoms with Crippen LogP contribution in [-0.2, 0) is 9.53 Å². The highest BCUT2D eigenvalue weighted by molar-refractivity contribution is 5.99. The number of carbonyl (C=O) groups excluding carboxylic acids is 1. The van der Waals surface area contributed by atoms with Gasteiger partial charge in [-0.2, -0.15) is 0 Å². The Kier molecular flexibility index (Phi) is 3.65.